The number of nitrogens with zero attached hydrogens (tertiary/aromatic N) is 2. The zero-order valence-electron chi connectivity index (χ0n) is 21.7. The minimum atomic E-state index is -1.89. The third kappa shape index (κ3) is 4.23. The fourth-order valence-corrected chi connectivity index (χ4v) is 6.59. The van der Waals surface area contributed by atoms with Gasteiger partial charge in [0.25, 0.3) is 5.56 Å². The summed E-state index contributed by atoms with van der Waals surface area (Å²) in [4.78, 5) is 39.9. The Hall–Kier alpha value is -3.25. The molecule has 0 amide bonds. The van der Waals surface area contributed by atoms with Crippen LogP contribution in [-0.2, 0) is 49.0 Å². The van der Waals surface area contributed by atoms with E-state index in [1.807, 2.05) is 33.4 Å². The summed E-state index contributed by atoms with van der Waals surface area (Å²) in [6.45, 7) is 2.06. The number of carbonyl (C=O) groups is 1. The standard InChI is InChI=1S/C29H26FIN2O7/c1-2-29(37)22-6-7-32(27(35)21(22)15-40-28(29)36)12-23-25(31)20(13-34)19-11-17(30)9-16-10-18(33(23)26(16)19)14-39-24-5-3-4-8-38-24/h6-7,9,11,14,24,37H,2-5,8,10,12,15H2,1H3/t24?,29-/m0/s1. The molecule has 11 heteroatoms. The van der Waals surface area contributed by atoms with E-state index in [2.05, 4.69) is 0 Å². The molecular weight excluding hydrogens is 634 g/mol. The van der Waals surface area contributed by atoms with Gasteiger partial charge in [-0.1, -0.05) is 6.92 Å². The van der Waals surface area contributed by atoms with Gasteiger partial charge in [-0.15, -0.1) is 0 Å². The third-order valence-electron chi connectivity index (χ3n) is 7.87. The lowest BCUT2D eigenvalue weighted by Gasteiger charge is -2.34. The smallest absolute Gasteiger partial charge is 0.343 e. The third-order valence-corrected chi connectivity index (χ3v) is 9.03. The first-order valence-electron chi connectivity index (χ1n) is 13.1. The van der Waals surface area contributed by atoms with Crippen LogP contribution in [0.3, 0.4) is 0 Å². The van der Waals surface area contributed by atoms with E-state index in [0.29, 0.717) is 44.8 Å². The zero-order chi connectivity index (χ0) is 28.2. The second-order valence-corrected chi connectivity index (χ2v) is 11.3. The van der Waals surface area contributed by atoms with Crippen LogP contribution >= 0.6 is 22.6 Å². The van der Waals surface area contributed by atoms with Crippen molar-refractivity contribution in [2.45, 2.75) is 64.1 Å². The molecule has 4 aliphatic rings. The molecule has 0 spiro atoms. The van der Waals surface area contributed by atoms with Crippen molar-refractivity contribution in [3.05, 3.63) is 84.1 Å². The Kier molecular flexibility index (Phi) is 6.94. The number of ether oxygens (including phenoxy) is 3. The molecule has 0 saturated carbocycles. The highest BCUT2D eigenvalue weighted by molar-refractivity contribution is 14.1. The lowest BCUT2D eigenvalue weighted by atomic mass is 9.87. The topological polar surface area (TPSA) is 107 Å². The number of pyridine rings is 1. The van der Waals surface area contributed by atoms with Crippen LogP contribution in [0.5, 0.6) is 0 Å². The van der Waals surface area contributed by atoms with Crippen LogP contribution < -0.4 is 10.5 Å². The highest BCUT2D eigenvalue weighted by Crippen LogP contribution is 2.50. The predicted octanol–water partition coefficient (Wildman–Crippen LogP) is 3.96. The number of hydrogen-bond acceptors (Lipinski definition) is 8. The van der Waals surface area contributed by atoms with E-state index in [9.17, 15) is 23.9 Å². The van der Waals surface area contributed by atoms with Crippen LogP contribution in [0.2, 0.25) is 0 Å². The van der Waals surface area contributed by atoms with Gasteiger partial charge < -0.3 is 28.8 Å². The van der Waals surface area contributed by atoms with Crippen molar-refractivity contribution >= 4 is 45.8 Å². The van der Waals surface area contributed by atoms with Crippen molar-refractivity contribution in [1.82, 2.24) is 4.57 Å². The van der Waals surface area contributed by atoms with Crippen molar-refractivity contribution in [3.8, 4) is 0 Å². The van der Waals surface area contributed by atoms with Gasteiger partial charge in [-0.2, -0.15) is 0 Å². The average molecular weight is 660 g/mol. The number of allylic oxidation sites excluding steroid dienone is 4. The Morgan fingerprint density at radius 2 is 2.15 bits per heavy atom. The van der Waals surface area contributed by atoms with Crippen LogP contribution in [0, 0.1) is 5.82 Å². The van der Waals surface area contributed by atoms with Crippen molar-refractivity contribution in [2.24, 2.45) is 0 Å². The molecule has 1 N–H and O–H groups in total. The van der Waals surface area contributed by atoms with Gasteiger partial charge in [0.2, 0.25) is 0 Å². The fraction of sp³-hybridized carbons (Fsp3) is 0.379. The Balaban J connectivity index is 1.44. The maximum atomic E-state index is 14.6. The maximum Gasteiger partial charge on any atom is 0.343 e. The van der Waals surface area contributed by atoms with Crippen LogP contribution in [0.4, 0.5) is 10.1 Å². The first-order chi connectivity index (χ1) is 19.3. The van der Waals surface area contributed by atoms with Gasteiger partial charge in [0.1, 0.15) is 24.6 Å². The minimum absolute atomic E-state index is 0.0432. The van der Waals surface area contributed by atoms with Gasteiger partial charge in [0.05, 0.1) is 44.9 Å². The van der Waals surface area contributed by atoms with Crippen LogP contribution in [-0.4, -0.2) is 34.5 Å². The number of hydrogen-bond donors (Lipinski definition) is 1. The molecule has 40 heavy (non-hydrogen) atoms. The number of fused-ring (bicyclic) bond motifs is 1. The molecule has 0 aliphatic carbocycles. The fourth-order valence-electron chi connectivity index (χ4n) is 5.78. The summed E-state index contributed by atoms with van der Waals surface area (Å²) >= 11 is 2.03. The molecule has 208 valence electrons. The molecule has 2 atom stereocenters. The van der Waals surface area contributed by atoms with E-state index in [4.69, 9.17) is 14.2 Å². The molecule has 1 aromatic carbocycles. The summed E-state index contributed by atoms with van der Waals surface area (Å²) in [6, 6.07) is 4.32. The maximum absolute atomic E-state index is 14.6. The SMILES string of the molecule is CC[C@@]1(O)C(=O)OCc2c1ccn(CC1=C(I)C(=C=O)c3cc(F)cc4c3N1C(=COC1CCCCO1)C4)c2=O. The normalized spacial score (nSPS) is 24.6. The monoisotopic (exact) mass is 660 g/mol. The van der Waals surface area contributed by atoms with Crippen molar-refractivity contribution in [1.29, 1.82) is 0 Å². The van der Waals surface area contributed by atoms with Crippen molar-refractivity contribution in [3.63, 3.8) is 0 Å². The van der Waals surface area contributed by atoms with Gasteiger partial charge in [-0.05, 0) is 65.6 Å². The van der Waals surface area contributed by atoms with E-state index in [0.717, 1.165) is 19.3 Å². The summed E-state index contributed by atoms with van der Waals surface area (Å²) in [5.41, 5.74) is 1.40. The lowest BCUT2D eigenvalue weighted by Crippen LogP contribution is -2.44. The summed E-state index contributed by atoms with van der Waals surface area (Å²) in [5.74, 6) is 0.729. The molecule has 1 unspecified atom stereocenters. The molecule has 9 nitrogen and oxygen atoms in total. The highest BCUT2D eigenvalue weighted by atomic mass is 127. The number of rotatable bonds is 5. The molecule has 0 bridgehead atoms. The Morgan fingerprint density at radius 3 is 2.88 bits per heavy atom. The Labute approximate surface area is 242 Å². The van der Waals surface area contributed by atoms with E-state index in [1.165, 1.54) is 22.9 Å². The number of benzene rings is 1. The van der Waals surface area contributed by atoms with Gasteiger partial charge >= 0.3 is 5.97 Å². The molecule has 2 aromatic rings. The predicted molar refractivity (Wildman–Crippen MR) is 150 cm³/mol. The first kappa shape index (κ1) is 26.9. The molecular formula is C29H26FIN2O7. The lowest BCUT2D eigenvalue weighted by molar-refractivity contribution is -0.172. The van der Waals surface area contributed by atoms with Gasteiger partial charge in [0.15, 0.2) is 11.9 Å². The molecule has 1 fully saturated rings. The number of halogens is 2. The number of aromatic nitrogens is 1. The molecule has 1 aromatic heterocycles. The average Bonchev–Trinajstić information content (AvgIpc) is 3.32. The number of cyclic esters (lactones) is 1. The number of aliphatic hydroxyl groups is 1. The summed E-state index contributed by atoms with van der Waals surface area (Å²) < 4.78 is 33.4. The number of anilines is 1. The molecule has 4 aliphatic heterocycles. The Bertz CT molecular complexity index is 1600. The highest BCUT2D eigenvalue weighted by Gasteiger charge is 2.44. The Morgan fingerprint density at radius 1 is 1.32 bits per heavy atom. The van der Waals surface area contributed by atoms with E-state index in [-0.39, 0.29) is 42.6 Å². The van der Waals surface area contributed by atoms with E-state index < -0.39 is 22.9 Å². The van der Waals surface area contributed by atoms with Crippen molar-refractivity contribution in [2.75, 3.05) is 11.5 Å². The van der Waals surface area contributed by atoms with Crippen molar-refractivity contribution < 1.29 is 33.3 Å². The summed E-state index contributed by atoms with van der Waals surface area (Å²) in [6.07, 6.45) is 5.90. The number of esters is 1. The van der Waals surface area contributed by atoms with E-state index >= 15 is 0 Å². The first-order valence-corrected chi connectivity index (χ1v) is 14.2. The van der Waals surface area contributed by atoms with Crippen LogP contribution in [0.1, 0.15) is 54.9 Å². The number of carbonyl (C=O) groups excluding carboxylic acids is 2. The van der Waals surface area contributed by atoms with Gasteiger partial charge in [-0.3, -0.25) is 4.79 Å². The second-order valence-electron chi connectivity index (χ2n) is 10.2. The summed E-state index contributed by atoms with van der Waals surface area (Å²) in [7, 11) is 0. The molecule has 5 heterocycles. The molecule has 1 saturated heterocycles. The van der Waals surface area contributed by atoms with Gasteiger partial charge in [-0.25, -0.2) is 14.0 Å². The van der Waals surface area contributed by atoms with Crippen LogP contribution in [0.25, 0.3) is 5.57 Å². The quantitative estimate of drug-likeness (QED) is 0.223. The zero-order valence-corrected chi connectivity index (χ0v) is 23.8. The molecule has 6 rings (SSSR count). The van der Waals surface area contributed by atoms with Crippen LogP contribution in [0.15, 0.2) is 50.4 Å². The largest absolute Gasteiger partial charge is 0.471 e. The second kappa shape index (κ2) is 10.3. The van der Waals surface area contributed by atoms with Gasteiger partial charge in [0, 0.05) is 30.2 Å². The molecule has 0 radical (unpaired) electrons. The minimum Gasteiger partial charge on any atom is -0.471 e. The van der Waals surface area contributed by atoms with E-state index in [1.54, 1.807) is 19.3 Å². The summed E-state index contributed by atoms with van der Waals surface area (Å²) in [5, 5.41) is 10.9.